The van der Waals surface area contributed by atoms with Crippen molar-refractivity contribution in [2.75, 3.05) is 11.9 Å². The highest BCUT2D eigenvalue weighted by Gasteiger charge is 2.20. The van der Waals surface area contributed by atoms with Crippen LogP contribution < -0.4 is 16.2 Å². The molecule has 80 valence electrons. The molecule has 1 aliphatic rings. The average molecular weight is 208 g/mol. The number of rotatable bonds is 3. The van der Waals surface area contributed by atoms with Gasteiger partial charge in [0.15, 0.2) is 5.82 Å². The summed E-state index contributed by atoms with van der Waals surface area (Å²) in [5, 5.41) is 5.71. The maximum atomic E-state index is 11.2. The van der Waals surface area contributed by atoms with Crippen LogP contribution in [0.1, 0.15) is 12.8 Å². The summed E-state index contributed by atoms with van der Waals surface area (Å²) in [6.07, 6.45) is 4.35. The maximum Gasteiger partial charge on any atom is 0.290 e. The van der Waals surface area contributed by atoms with E-state index in [9.17, 15) is 9.59 Å². The minimum atomic E-state index is -0.248. The van der Waals surface area contributed by atoms with Crippen molar-refractivity contribution in [1.29, 1.82) is 0 Å². The molecule has 0 saturated carbocycles. The van der Waals surface area contributed by atoms with Crippen molar-refractivity contribution in [2.45, 2.75) is 18.9 Å². The molecule has 0 spiro atoms. The fourth-order valence-corrected chi connectivity index (χ4v) is 1.53. The largest absolute Gasteiger partial charge is 0.363 e. The average Bonchev–Trinajstić information content (AvgIpc) is 2.63. The molecule has 2 rings (SSSR count). The van der Waals surface area contributed by atoms with E-state index in [0.29, 0.717) is 18.8 Å². The number of aromatic nitrogens is 2. The summed E-state index contributed by atoms with van der Waals surface area (Å²) < 4.78 is 0. The summed E-state index contributed by atoms with van der Waals surface area (Å²) in [4.78, 5) is 28.5. The van der Waals surface area contributed by atoms with Gasteiger partial charge in [-0.1, -0.05) is 0 Å². The molecule has 6 nitrogen and oxygen atoms in total. The number of hydrogen-bond donors (Lipinski definition) is 3. The third-order valence-electron chi connectivity index (χ3n) is 2.31. The zero-order valence-electron chi connectivity index (χ0n) is 8.12. The molecule has 1 atom stereocenters. The lowest BCUT2D eigenvalue weighted by Gasteiger charge is -2.10. The van der Waals surface area contributed by atoms with E-state index < -0.39 is 0 Å². The van der Waals surface area contributed by atoms with Gasteiger partial charge < -0.3 is 15.6 Å². The van der Waals surface area contributed by atoms with Crippen LogP contribution in [0.3, 0.4) is 0 Å². The third-order valence-corrected chi connectivity index (χ3v) is 2.31. The van der Waals surface area contributed by atoms with Crippen molar-refractivity contribution in [3.8, 4) is 0 Å². The first-order chi connectivity index (χ1) is 7.25. The molecule has 0 aliphatic carbocycles. The van der Waals surface area contributed by atoms with Crippen LogP contribution >= 0.6 is 0 Å². The molecule has 1 amide bonds. The first-order valence-electron chi connectivity index (χ1n) is 4.82. The van der Waals surface area contributed by atoms with E-state index >= 15 is 0 Å². The zero-order chi connectivity index (χ0) is 10.7. The minimum absolute atomic E-state index is 0.0664. The fourth-order valence-electron chi connectivity index (χ4n) is 1.53. The molecule has 1 saturated heterocycles. The number of H-pyrrole nitrogens is 1. The van der Waals surface area contributed by atoms with Gasteiger partial charge in [0, 0.05) is 31.4 Å². The highest BCUT2D eigenvalue weighted by molar-refractivity contribution is 5.78. The Kier molecular flexibility index (Phi) is 2.66. The lowest BCUT2D eigenvalue weighted by atomic mass is 10.2. The molecule has 1 aromatic heterocycles. The second-order valence-corrected chi connectivity index (χ2v) is 3.45. The molecule has 0 aromatic carbocycles. The molecular formula is C9H12N4O2. The second-order valence-electron chi connectivity index (χ2n) is 3.45. The van der Waals surface area contributed by atoms with Crippen molar-refractivity contribution in [3.63, 3.8) is 0 Å². The standard InChI is InChI=1S/C9H12N4O2/c14-7-2-1-6(13-7)5-12-8-9(15)11-4-3-10-8/h3-4,6H,1-2,5H2,(H,10,12)(H,11,15)(H,13,14). The Morgan fingerprint density at radius 2 is 2.40 bits per heavy atom. The fraction of sp³-hybridized carbons (Fsp3) is 0.444. The Balaban J connectivity index is 1.91. The van der Waals surface area contributed by atoms with Crippen LogP contribution in [0.25, 0.3) is 0 Å². The van der Waals surface area contributed by atoms with Crippen LogP contribution in [0.5, 0.6) is 0 Å². The van der Waals surface area contributed by atoms with Crippen LogP contribution in [0, 0.1) is 0 Å². The Labute approximate surface area is 86.1 Å². The zero-order valence-corrected chi connectivity index (χ0v) is 8.12. The third kappa shape index (κ3) is 2.34. The molecule has 2 heterocycles. The SMILES string of the molecule is O=C1CCC(CNc2ncc[nH]c2=O)N1. The molecule has 15 heavy (non-hydrogen) atoms. The number of aromatic amines is 1. The van der Waals surface area contributed by atoms with Crippen molar-refractivity contribution in [2.24, 2.45) is 0 Å². The Morgan fingerprint density at radius 1 is 1.53 bits per heavy atom. The van der Waals surface area contributed by atoms with E-state index in [1.54, 1.807) is 0 Å². The minimum Gasteiger partial charge on any atom is -0.363 e. The van der Waals surface area contributed by atoms with E-state index in [1.807, 2.05) is 0 Å². The van der Waals surface area contributed by atoms with Crippen molar-refractivity contribution in [3.05, 3.63) is 22.7 Å². The smallest absolute Gasteiger partial charge is 0.290 e. The van der Waals surface area contributed by atoms with Crippen molar-refractivity contribution in [1.82, 2.24) is 15.3 Å². The number of carbonyl (C=O) groups excluding carboxylic acids is 1. The van der Waals surface area contributed by atoms with E-state index in [4.69, 9.17) is 0 Å². The highest BCUT2D eigenvalue weighted by Crippen LogP contribution is 2.06. The topological polar surface area (TPSA) is 86.9 Å². The van der Waals surface area contributed by atoms with Gasteiger partial charge in [0.1, 0.15) is 0 Å². The maximum absolute atomic E-state index is 11.2. The second kappa shape index (κ2) is 4.12. The number of carbonyl (C=O) groups is 1. The van der Waals surface area contributed by atoms with Gasteiger partial charge in [-0.05, 0) is 6.42 Å². The van der Waals surface area contributed by atoms with Gasteiger partial charge in [-0.25, -0.2) is 4.98 Å². The molecular weight excluding hydrogens is 196 g/mol. The molecule has 6 heteroatoms. The molecule has 0 bridgehead atoms. The van der Waals surface area contributed by atoms with Gasteiger partial charge in [0.25, 0.3) is 5.56 Å². The van der Waals surface area contributed by atoms with Gasteiger partial charge in [-0.2, -0.15) is 0 Å². The van der Waals surface area contributed by atoms with Crippen LogP contribution in [-0.2, 0) is 4.79 Å². The van der Waals surface area contributed by atoms with Gasteiger partial charge in [0.2, 0.25) is 5.91 Å². The van der Waals surface area contributed by atoms with Gasteiger partial charge in [0.05, 0.1) is 0 Å². The van der Waals surface area contributed by atoms with E-state index in [1.165, 1.54) is 12.4 Å². The summed E-state index contributed by atoms with van der Waals surface area (Å²) in [7, 11) is 0. The number of nitrogens with zero attached hydrogens (tertiary/aromatic N) is 1. The first-order valence-corrected chi connectivity index (χ1v) is 4.82. The summed E-state index contributed by atoms with van der Waals surface area (Å²) >= 11 is 0. The number of anilines is 1. The van der Waals surface area contributed by atoms with Crippen molar-refractivity contribution < 1.29 is 4.79 Å². The normalized spacial score (nSPS) is 20.0. The molecule has 3 N–H and O–H groups in total. The van der Waals surface area contributed by atoms with Gasteiger partial charge in [-0.3, -0.25) is 9.59 Å². The molecule has 1 aromatic rings. The van der Waals surface area contributed by atoms with Crippen LogP contribution in [0.2, 0.25) is 0 Å². The number of nitrogens with one attached hydrogen (secondary N) is 3. The van der Waals surface area contributed by atoms with Crippen LogP contribution in [0.15, 0.2) is 17.2 Å². The number of hydrogen-bond acceptors (Lipinski definition) is 4. The van der Waals surface area contributed by atoms with Crippen LogP contribution in [-0.4, -0.2) is 28.5 Å². The van der Waals surface area contributed by atoms with Gasteiger partial charge in [-0.15, -0.1) is 0 Å². The number of amides is 1. The van der Waals surface area contributed by atoms with E-state index in [0.717, 1.165) is 6.42 Å². The molecule has 1 aliphatic heterocycles. The quantitative estimate of drug-likeness (QED) is 0.622. The first kappa shape index (κ1) is 9.70. The van der Waals surface area contributed by atoms with Gasteiger partial charge >= 0.3 is 0 Å². The van der Waals surface area contributed by atoms with Crippen LogP contribution in [0.4, 0.5) is 5.82 Å². The summed E-state index contributed by atoms with van der Waals surface area (Å²) in [5.41, 5.74) is -0.248. The summed E-state index contributed by atoms with van der Waals surface area (Å²) in [6, 6.07) is 0.0962. The van der Waals surface area contributed by atoms with E-state index in [2.05, 4.69) is 20.6 Å². The molecule has 1 unspecified atom stereocenters. The Bertz CT molecular complexity index is 415. The summed E-state index contributed by atoms with van der Waals surface area (Å²) in [5.74, 6) is 0.357. The predicted octanol–water partition coefficient (Wildman–Crippen LogP) is -0.540. The highest BCUT2D eigenvalue weighted by atomic mass is 16.2. The summed E-state index contributed by atoms with van der Waals surface area (Å²) in [6.45, 7) is 0.534. The lowest BCUT2D eigenvalue weighted by molar-refractivity contribution is -0.119. The lowest BCUT2D eigenvalue weighted by Crippen LogP contribution is -2.33. The van der Waals surface area contributed by atoms with Crippen molar-refractivity contribution >= 4 is 11.7 Å². The molecule has 1 fully saturated rings. The Hall–Kier alpha value is -1.85. The van der Waals surface area contributed by atoms with E-state index in [-0.39, 0.29) is 17.5 Å². The monoisotopic (exact) mass is 208 g/mol. The molecule has 0 radical (unpaired) electrons. The predicted molar refractivity (Wildman–Crippen MR) is 54.5 cm³/mol. The Morgan fingerprint density at radius 3 is 3.07 bits per heavy atom.